The van der Waals surface area contributed by atoms with Crippen LogP contribution in [0.15, 0.2) is 23.1 Å². The molecule has 1 fully saturated rings. The van der Waals surface area contributed by atoms with Gasteiger partial charge in [0.25, 0.3) is 0 Å². The summed E-state index contributed by atoms with van der Waals surface area (Å²) in [6.07, 6.45) is 0.999. The Balaban J connectivity index is 2.33. The molecule has 1 aromatic rings. The number of Topliss-reactive ketones (excluding diaryl/α,β-unsaturated/α-hetero) is 3. The van der Waals surface area contributed by atoms with Crippen molar-refractivity contribution >= 4 is 39.8 Å². The summed E-state index contributed by atoms with van der Waals surface area (Å²) in [5, 5.41) is 0.130. The number of halogens is 1. The Morgan fingerprint density at radius 3 is 2.43 bits per heavy atom. The second kappa shape index (κ2) is 6.62. The highest BCUT2D eigenvalue weighted by Gasteiger charge is 2.37. The molecule has 112 valence electrons. The lowest BCUT2D eigenvalue weighted by molar-refractivity contribution is -0.133. The first-order chi connectivity index (χ1) is 9.95. The zero-order valence-electron chi connectivity index (χ0n) is 11.6. The second-order valence-electron chi connectivity index (χ2n) is 4.86. The summed E-state index contributed by atoms with van der Waals surface area (Å²) in [5.74, 6) is -2.01. The molecule has 4 nitrogen and oxygen atoms in total. The molecule has 1 aromatic carbocycles. The largest absolute Gasteiger partial charge is 0.298 e. The van der Waals surface area contributed by atoms with E-state index in [4.69, 9.17) is 11.6 Å². The SMILES string of the molecule is CCS(=O)c1ccc(C(=O)C2C(=O)CCCC2=O)c(Cl)c1. The first kappa shape index (κ1) is 16.0. The van der Waals surface area contributed by atoms with Crippen molar-refractivity contribution in [1.82, 2.24) is 0 Å². The molecule has 1 saturated carbocycles. The Morgan fingerprint density at radius 2 is 1.90 bits per heavy atom. The standard InChI is InChI=1S/C15H15ClO4S/c1-2-21(20)9-6-7-10(11(16)8-9)15(19)14-12(17)4-3-5-13(14)18/h6-8,14H,2-5H2,1H3. The van der Waals surface area contributed by atoms with E-state index in [9.17, 15) is 18.6 Å². The normalized spacial score (nSPS) is 17.8. The molecule has 0 N–H and O–H groups in total. The van der Waals surface area contributed by atoms with Crippen LogP contribution in [0.3, 0.4) is 0 Å². The smallest absolute Gasteiger partial charge is 0.182 e. The van der Waals surface area contributed by atoms with Gasteiger partial charge < -0.3 is 0 Å². The van der Waals surface area contributed by atoms with E-state index >= 15 is 0 Å². The minimum absolute atomic E-state index is 0.130. The van der Waals surface area contributed by atoms with Crippen LogP contribution in [0.1, 0.15) is 36.5 Å². The highest BCUT2D eigenvalue weighted by molar-refractivity contribution is 7.85. The fraction of sp³-hybridized carbons (Fsp3) is 0.400. The van der Waals surface area contributed by atoms with E-state index in [0.717, 1.165) is 0 Å². The van der Waals surface area contributed by atoms with E-state index < -0.39 is 22.5 Å². The molecule has 0 saturated heterocycles. The predicted octanol–water partition coefficient (Wildman–Crippen LogP) is 2.59. The number of carbonyl (C=O) groups excluding carboxylic acids is 3. The number of rotatable bonds is 4. The van der Waals surface area contributed by atoms with Crippen molar-refractivity contribution in [3.8, 4) is 0 Å². The van der Waals surface area contributed by atoms with Crippen molar-refractivity contribution in [2.75, 3.05) is 5.75 Å². The maximum absolute atomic E-state index is 12.4. The molecule has 21 heavy (non-hydrogen) atoms. The van der Waals surface area contributed by atoms with Crippen molar-refractivity contribution < 1.29 is 18.6 Å². The zero-order chi connectivity index (χ0) is 15.6. The molecule has 1 aliphatic carbocycles. The fourth-order valence-corrected chi connectivity index (χ4v) is 3.50. The van der Waals surface area contributed by atoms with Crippen LogP contribution >= 0.6 is 11.6 Å². The number of hydrogen-bond donors (Lipinski definition) is 0. The van der Waals surface area contributed by atoms with Gasteiger partial charge in [-0.2, -0.15) is 0 Å². The van der Waals surface area contributed by atoms with E-state index in [0.29, 0.717) is 17.1 Å². The van der Waals surface area contributed by atoms with Crippen LogP contribution < -0.4 is 0 Å². The first-order valence-electron chi connectivity index (χ1n) is 6.73. The molecule has 0 aromatic heterocycles. The Hall–Kier alpha value is -1.33. The van der Waals surface area contributed by atoms with Crippen LogP contribution in [0.2, 0.25) is 5.02 Å². The molecule has 1 unspecified atom stereocenters. The van der Waals surface area contributed by atoms with Gasteiger partial charge in [0.2, 0.25) is 0 Å². The van der Waals surface area contributed by atoms with Crippen LogP contribution in [-0.2, 0) is 20.4 Å². The van der Waals surface area contributed by atoms with Gasteiger partial charge in [-0.1, -0.05) is 18.5 Å². The minimum Gasteiger partial charge on any atom is -0.298 e. The number of hydrogen-bond acceptors (Lipinski definition) is 4. The molecule has 1 aliphatic rings. The lowest BCUT2D eigenvalue weighted by atomic mass is 9.82. The van der Waals surface area contributed by atoms with Crippen LogP contribution in [-0.4, -0.2) is 27.3 Å². The lowest BCUT2D eigenvalue weighted by Gasteiger charge is -2.18. The Bertz CT molecular complexity index is 623. The monoisotopic (exact) mass is 326 g/mol. The van der Waals surface area contributed by atoms with Crippen LogP contribution in [0.25, 0.3) is 0 Å². The van der Waals surface area contributed by atoms with E-state index in [2.05, 4.69) is 0 Å². The summed E-state index contributed by atoms with van der Waals surface area (Å²) in [6.45, 7) is 1.78. The third kappa shape index (κ3) is 3.30. The van der Waals surface area contributed by atoms with Gasteiger partial charge in [-0.15, -0.1) is 0 Å². The van der Waals surface area contributed by atoms with Gasteiger partial charge >= 0.3 is 0 Å². The quantitative estimate of drug-likeness (QED) is 0.630. The average Bonchev–Trinajstić information content (AvgIpc) is 2.45. The average molecular weight is 327 g/mol. The maximum atomic E-state index is 12.4. The number of carbonyl (C=O) groups is 3. The molecular weight excluding hydrogens is 312 g/mol. The summed E-state index contributed by atoms with van der Waals surface area (Å²) in [7, 11) is -1.17. The van der Waals surface area contributed by atoms with Gasteiger partial charge in [0, 0.05) is 29.1 Å². The number of ketones is 3. The Labute approximate surface area is 130 Å². The van der Waals surface area contributed by atoms with E-state index in [1.807, 2.05) is 0 Å². The van der Waals surface area contributed by atoms with Gasteiger partial charge in [0.1, 0.15) is 5.92 Å². The predicted molar refractivity (Wildman–Crippen MR) is 80.1 cm³/mol. The minimum atomic E-state index is -1.22. The highest BCUT2D eigenvalue weighted by Crippen LogP contribution is 2.27. The zero-order valence-corrected chi connectivity index (χ0v) is 13.1. The van der Waals surface area contributed by atoms with Crippen LogP contribution in [0, 0.1) is 5.92 Å². The summed E-state index contributed by atoms with van der Waals surface area (Å²) < 4.78 is 11.7. The number of benzene rings is 1. The van der Waals surface area contributed by atoms with Gasteiger partial charge in [0.05, 0.1) is 15.8 Å². The molecule has 1 atom stereocenters. The molecule has 2 rings (SSSR count). The van der Waals surface area contributed by atoms with Crippen molar-refractivity contribution in [2.45, 2.75) is 31.1 Å². The van der Waals surface area contributed by atoms with E-state index in [-0.39, 0.29) is 35.0 Å². The lowest BCUT2D eigenvalue weighted by Crippen LogP contribution is -2.35. The first-order valence-corrected chi connectivity index (χ1v) is 8.43. The summed E-state index contributed by atoms with van der Waals surface area (Å²) >= 11 is 6.06. The van der Waals surface area contributed by atoms with Gasteiger partial charge in [-0.05, 0) is 24.6 Å². The Kier molecular flexibility index (Phi) is 5.06. The molecule has 0 bridgehead atoms. The summed E-state index contributed by atoms with van der Waals surface area (Å²) in [5.41, 5.74) is 0.141. The topological polar surface area (TPSA) is 68.3 Å². The molecule has 0 heterocycles. The van der Waals surface area contributed by atoms with Crippen LogP contribution in [0.4, 0.5) is 0 Å². The van der Waals surface area contributed by atoms with Crippen molar-refractivity contribution in [2.24, 2.45) is 5.92 Å². The second-order valence-corrected chi connectivity index (χ2v) is 7.01. The van der Waals surface area contributed by atoms with Crippen molar-refractivity contribution in [3.05, 3.63) is 28.8 Å². The Morgan fingerprint density at radius 1 is 1.29 bits per heavy atom. The molecule has 6 heteroatoms. The van der Waals surface area contributed by atoms with Gasteiger partial charge in [-0.3, -0.25) is 18.6 Å². The van der Waals surface area contributed by atoms with Crippen molar-refractivity contribution in [1.29, 1.82) is 0 Å². The van der Waals surface area contributed by atoms with E-state index in [1.54, 1.807) is 13.0 Å². The van der Waals surface area contributed by atoms with Gasteiger partial charge in [-0.25, -0.2) is 0 Å². The maximum Gasteiger partial charge on any atom is 0.182 e. The summed E-state index contributed by atoms with van der Waals surface area (Å²) in [6, 6.07) is 4.46. The fourth-order valence-electron chi connectivity index (χ4n) is 2.36. The summed E-state index contributed by atoms with van der Waals surface area (Å²) in [4.78, 5) is 36.6. The molecule has 0 aliphatic heterocycles. The third-order valence-corrected chi connectivity index (χ3v) is 5.10. The molecular formula is C15H15ClO4S. The van der Waals surface area contributed by atoms with Crippen LogP contribution in [0.5, 0.6) is 0 Å². The molecule has 0 radical (unpaired) electrons. The molecule has 0 spiro atoms. The molecule has 0 amide bonds. The third-order valence-electron chi connectivity index (χ3n) is 3.48. The highest BCUT2D eigenvalue weighted by atomic mass is 35.5. The van der Waals surface area contributed by atoms with E-state index in [1.165, 1.54) is 12.1 Å². The van der Waals surface area contributed by atoms with Gasteiger partial charge in [0.15, 0.2) is 17.3 Å². The van der Waals surface area contributed by atoms with Crippen molar-refractivity contribution in [3.63, 3.8) is 0 Å².